The Morgan fingerprint density at radius 3 is 2.24 bits per heavy atom. The van der Waals surface area contributed by atoms with E-state index in [1.165, 1.54) is 18.2 Å². The number of halogens is 4. The number of anilines is 2. The van der Waals surface area contributed by atoms with Crippen LogP contribution in [0.3, 0.4) is 0 Å². The van der Waals surface area contributed by atoms with E-state index in [1.54, 1.807) is 0 Å². The molecule has 2 rings (SSSR count). The molecule has 0 unspecified atom stereocenters. The second-order valence-electron chi connectivity index (χ2n) is 4.04. The molecule has 0 bridgehead atoms. The van der Waals surface area contributed by atoms with E-state index < -0.39 is 26.6 Å². The first-order chi connectivity index (χ1) is 9.70. The number of nitrogen functional groups attached to an aromatic ring is 1. The van der Waals surface area contributed by atoms with E-state index in [-0.39, 0.29) is 11.4 Å². The summed E-state index contributed by atoms with van der Waals surface area (Å²) in [6.45, 7) is 0. The molecule has 0 aliphatic heterocycles. The fourth-order valence-electron chi connectivity index (χ4n) is 1.60. The summed E-state index contributed by atoms with van der Waals surface area (Å²) in [5, 5.41) is 0.409. The summed E-state index contributed by atoms with van der Waals surface area (Å²) in [7, 11) is -4.43. The number of benzene rings is 2. The van der Waals surface area contributed by atoms with Gasteiger partial charge >= 0.3 is 0 Å². The fraction of sp³-hybridized carbons (Fsp3) is 0. The summed E-state index contributed by atoms with van der Waals surface area (Å²) >= 11 is 7.61. The third-order valence-electron chi connectivity index (χ3n) is 2.46. The van der Waals surface area contributed by atoms with Crippen molar-refractivity contribution in [3.63, 3.8) is 0 Å². The van der Waals surface area contributed by atoms with Crippen LogP contribution >= 0.6 is 34.2 Å². The zero-order valence-corrected chi connectivity index (χ0v) is 13.9. The number of hydrogen-bond acceptors (Lipinski definition) is 3. The monoisotopic (exact) mass is 444 g/mol. The molecule has 3 N–H and O–H groups in total. The molecule has 0 aromatic heterocycles. The Balaban J connectivity index is 2.48. The molecular weight excluding hydrogens is 437 g/mol. The zero-order chi connectivity index (χ0) is 15.8. The highest BCUT2D eigenvalue weighted by atomic mass is 127. The van der Waals surface area contributed by atoms with Crippen molar-refractivity contribution in [3.8, 4) is 0 Å². The Labute approximate surface area is 138 Å². The number of sulfonamides is 1. The highest BCUT2D eigenvalue weighted by molar-refractivity contribution is 14.1. The van der Waals surface area contributed by atoms with E-state index in [0.717, 1.165) is 12.1 Å². The summed E-state index contributed by atoms with van der Waals surface area (Å²) in [6.07, 6.45) is 0. The van der Waals surface area contributed by atoms with Gasteiger partial charge in [0.05, 0.1) is 5.69 Å². The van der Waals surface area contributed by atoms with Crippen LogP contribution in [0.25, 0.3) is 0 Å². The van der Waals surface area contributed by atoms with Crippen molar-refractivity contribution in [3.05, 3.63) is 50.6 Å². The molecule has 0 spiro atoms. The molecule has 0 radical (unpaired) electrons. The van der Waals surface area contributed by atoms with Crippen molar-refractivity contribution in [2.75, 3.05) is 10.5 Å². The van der Waals surface area contributed by atoms with Crippen molar-refractivity contribution in [1.29, 1.82) is 0 Å². The number of nitrogens with two attached hydrogens (primary N) is 1. The normalized spacial score (nSPS) is 11.4. The maximum absolute atomic E-state index is 13.7. The molecule has 0 saturated carbocycles. The van der Waals surface area contributed by atoms with Crippen LogP contribution in [-0.4, -0.2) is 8.42 Å². The van der Waals surface area contributed by atoms with Gasteiger partial charge in [0.1, 0.15) is 11.6 Å². The van der Waals surface area contributed by atoms with Gasteiger partial charge in [0, 0.05) is 14.3 Å². The Hall–Kier alpha value is -1.13. The van der Waals surface area contributed by atoms with Crippen LogP contribution < -0.4 is 10.5 Å². The third kappa shape index (κ3) is 3.55. The summed E-state index contributed by atoms with van der Waals surface area (Å²) in [5.74, 6) is -2.52. The molecule has 0 fully saturated rings. The van der Waals surface area contributed by atoms with Gasteiger partial charge in [-0.2, -0.15) is 0 Å². The lowest BCUT2D eigenvalue weighted by Gasteiger charge is -2.11. The van der Waals surface area contributed by atoms with E-state index in [0.29, 0.717) is 8.59 Å². The Morgan fingerprint density at radius 1 is 1.14 bits per heavy atom. The third-order valence-corrected chi connectivity index (χ3v) is 5.01. The average Bonchev–Trinajstić information content (AvgIpc) is 2.30. The first kappa shape index (κ1) is 16.2. The van der Waals surface area contributed by atoms with E-state index in [4.69, 9.17) is 17.3 Å². The Bertz CT molecular complexity index is 792. The van der Waals surface area contributed by atoms with Crippen molar-refractivity contribution in [2.24, 2.45) is 0 Å². The summed E-state index contributed by atoms with van der Waals surface area (Å²) in [6, 6.07) is 5.84. The van der Waals surface area contributed by atoms with Crippen LogP contribution in [0.4, 0.5) is 20.2 Å². The van der Waals surface area contributed by atoms with E-state index in [2.05, 4.69) is 4.72 Å². The first-order valence-electron chi connectivity index (χ1n) is 5.43. The molecule has 21 heavy (non-hydrogen) atoms. The van der Waals surface area contributed by atoms with E-state index >= 15 is 0 Å². The minimum atomic E-state index is -4.43. The van der Waals surface area contributed by atoms with Crippen LogP contribution in [0.5, 0.6) is 0 Å². The molecule has 0 heterocycles. The molecule has 0 amide bonds. The molecule has 0 saturated heterocycles. The first-order valence-corrected chi connectivity index (χ1v) is 8.37. The second-order valence-corrected chi connectivity index (χ2v) is 7.26. The molecule has 2 aromatic rings. The largest absolute Gasteiger partial charge is 0.399 e. The lowest BCUT2D eigenvalue weighted by atomic mass is 10.3. The van der Waals surface area contributed by atoms with E-state index in [1.807, 2.05) is 22.6 Å². The summed E-state index contributed by atoms with van der Waals surface area (Å²) < 4.78 is 54.3. The number of rotatable bonds is 3. The molecule has 0 aliphatic rings. The fourth-order valence-corrected chi connectivity index (χ4v) is 3.99. The van der Waals surface area contributed by atoms with Gasteiger partial charge in [-0.3, -0.25) is 4.72 Å². The quantitative estimate of drug-likeness (QED) is 0.561. The molecule has 4 nitrogen and oxygen atoms in total. The van der Waals surface area contributed by atoms with Gasteiger partial charge < -0.3 is 5.73 Å². The van der Waals surface area contributed by atoms with Crippen LogP contribution in [0, 0.1) is 15.2 Å². The summed E-state index contributed by atoms with van der Waals surface area (Å²) in [4.78, 5) is -1.08. The van der Waals surface area contributed by atoms with Crippen LogP contribution in [0.2, 0.25) is 5.02 Å². The van der Waals surface area contributed by atoms with Crippen molar-refractivity contribution >= 4 is 55.6 Å². The molecule has 9 heteroatoms. The van der Waals surface area contributed by atoms with Gasteiger partial charge in [0.25, 0.3) is 10.0 Å². The van der Waals surface area contributed by atoms with Crippen molar-refractivity contribution in [2.45, 2.75) is 4.90 Å². The standard InChI is InChI=1S/C12H8ClF2IN2O2S/c13-6-1-2-11(10(16)3-6)18-21(19,20)12-8(14)4-7(17)5-9(12)15/h1-5,18H,17H2. The minimum Gasteiger partial charge on any atom is -0.399 e. The lowest BCUT2D eigenvalue weighted by molar-refractivity contribution is 0.522. The molecule has 0 aliphatic carbocycles. The topological polar surface area (TPSA) is 72.2 Å². The van der Waals surface area contributed by atoms with Gasteiger partial charge in [0.2, 0.25) is 0 Å². The van der Waals surface area contributed by atoms with Gasteiger partial charge in [-0.15, -0.1) is 0 Å². The number of nitrogens with one attached hydrogen (secondary N) is 1. The van der Waals surface area contributed by atoms with Gasteiger partial charge in [0.15, 0.2) is 4.90 Å². The predicted molar refractivity (Wildman–Crippen MR) is 85.7 cm³/mol. The molecule has 2 aromatic carbocycles. The molecular formula is C12H8ClF2IN2O2S. The SMILES string of the molecule is Nc1cc(F)c(S(=O)(=O)Nc2ccc(Cl)cc2I)c(F)c1. The zero-order valence-electron chi connectivity index (χ0n) is 10.2. The molecule has 112 valence electrons. The maximum atomic E-state index is 13.7. The Morgan fingerprint density at radius 2 is 1.71 bits per heavy atom. The average molecular weight is 445 g/mol. The minimum absolute atomic E-state index is 0.163. The van der Waals surface area contributed by atoms with Crippen LogP contribution in [0.15, 0.2) is 35.2 Å². The van der Waals surface area contributed by atoms with Crippen molar-refractivity contribution < 1.29 is 17.2 Å². The van der Waals surface area contributed by atoms with Crippen molar-refractivity contribution in [1.82, 2.24) is 0 Å². The van der Waals surface area contributed by atoms with Gasteiger partial charge in [-0.25, -0.2) is 17.2 Å². The smallest absolute Gasteiger partial charge is 0.267 e. The maximum Gasteiger partial charge on any atom is 0.267 e. The highest BCUT2D eigenvalue weighted by Crippen LogP contribution is 2.27. The van der Waals surface area contributed by atoms with Gasteiger partial charge in [-0.1, -0.05) is 11.6 Å². The Kier molecular flexibility index (Phi) is 4.59. The highest BCUT2D eigenvalue weighted by Gasteiger charge is 2.25. The van der Waals surface area contributed by atoms with Crippen LogP contribution in [-0.2, 0) is 10.0 Å². The molecule has 0 atom stereocenters. The predicted octanol–water partition coefficient (Wildman–Crippen LogP) is 3.61. The lowest BCUT2D eigenvalue weighted by Crippen LogP contribution is -2.17. The van der Waals surface area contributed by atoms with E-state index in [9.17, 15) is 17.2 Å². The van der Waals surface area contributed by atoms with Crippen LogP contribution in [0.1, 0.15) is 0 Å². The van der Waals surface area contributed by atoms with Gasteiger partial charge in [-0.05, 0) is 52.9 Å². The number of hydrogen-bond donors (Lipinski definition) is 2. The second kappa shape index (κ2) is 5.93. The summed E-state index contributed by atoms with van der Waals surface area (Å²) in [5.41, 5.74) is 5.21.